The molecule has 1 saturated carbocycles. The van der Waals surface area contributed by atoms with Crippen LogP contribution in [0.1, 0.15) is 33.5 Å². The number of aliphatic hydroxyl groups is 1. The maximum atomic E-state index is 9.04. The number of rotatable bonds is 0. The van der Waals surface area contributed by atoms with Gasteiger partial charge >= 0.3 is 0 Å². The fourth-order valence-corrected chi connectivity index (χ4v) is 0.960. The summed E-state index contributed by atoms with van der Waals surface area (Å²) >= 11 is 0. The Kier molecular flexibility index (Phi) is 1.29. The van der Waals surface area contributed by atoms with Crippen LogP contribution in [0.25, 0.3) is 0 Å². The highest BCUT2D eigenvalue weighted by molar-refractivity contribution is 4.61. The van der Waals surface area contributed by atoms with Gasteiger partial charge in [-0.3, -0.25) is 0 Å². The van der Waals surface area contributed by atoms with Gasteiger partial charge in [0.1, 0.15) is 0 Å². The first kappa shape index (κ1) is 3.90. The predicted molar refractivity (Wildman–Crippen MR) is 29.1 cm³/mol. The van der Waals surface area contributed by atoms with Crippen LogP contribution >= 0.6 is 0 Å². The largest absolute Gasteiger partial charge is 0.393 e. The van der Waals surface area contributed by atoms with E-state index in [-0.39, 0.29) is 0 Å². The Labute approximate surface area is 45.8 Å². The van der Waals surface area contributed by atoms with Crippen LogP contribution in [-0.2, 0) is 0 Å². The van der Waals surface area contributed by atoms with E-state index in [1.807, 2.05) is 0 Å². The molecule has 0 saturated heterocycles. The van der Waals surface area contributed by atoms with E-state index in [2.05, 4.69) is 0 Å². The van der Waals surface area contributed by atoms with Gasteiger partial charge in [0.2, 0.25) is 0 Å². The Morgan fingerprint density at radius 2 is 1.86 bits per heavy atom. The molecule has 0 aromatic rings. The van der Waals surface area contributed by atoms with Gasteiger partial charge in [0, 0.05) is 0 Å². The lowest BCUT2D eigenvalue weighted by Crippen LogP contribution is -2.09. The molecule has 0 heterocycles. The fraction of sp³-hybridized carbons (Fsp3) is 1.00. The molecule has 0 spiro atoms. The third kappa shape index (κ3) is 1.48. The lowest BCUT2D eigenvalue weighted by Gasteiger charge is -2.14. The van der Waals surface area contributed by atoms with Crippen molar-refractivity contribution in [2.45, 2.75) is 38.2 Å². The van der Waals surface area contributed by atoms with Crippen LogP contribution in [0.2, 0.25) is 0 Å². The van der Waals surface area contributed by atoms with E-state index in [1.165, 1.54) is 6.42 Å². The molecule has 0 bridgehead atoms. The van der Waals surface area contributed by atoms with Crippen molar-refractivity contribution in [1.82, 2.24) is 0 Å². The standard InChI is InChI=1S/C6H12O/c7-6-4-2-1-3-5-6/h6-7H,1-5H2/i6T. The summed E-state index contributed by atoms with van der Waals surface area (Å²) in [6.07, 6.45) is 3.53. The molecular weight excluding hydrogens is 88.1 g/mol. The van der Waals surface area contributed by atoms with Crippen molar-refractivity contribution in [3.63, 3.8) is 0 Å². The van der Waals surface area contributed by atoms with Crippen molar-refractivity contribution in [2.75, 3.05) is 0 Å². The highest BCUT2D eigenvalue weighted by atomic mass is 16.3. The minimum Gasteiger partial charge on any atom is -0.393 e. The summed E-state index contributed by atoms with van der Waals surface area (Å²) in [4.78, 5) is 0. The molecule has 0 aliphatic heterocycles. The van der Waals surface area contributed by atoms with Crippen LogP contribution in [0.5, 0.6) is 0 Å². The van der Waals surface area contributed by atoms with Gasteiger partial charge in [-0.15, -0.1) is 0 Å². The van der Waals surface area contributed by atoms with E-state index < -0.39 is 6.08 Å². The molecule has 1 nitrogen and oxygen atoms in total. The Hall–Kier alpha value is -0.0400. The van der Waals surface area contributed by atoms with Crippen molar-refractivity contribution in [3.05, 3.63) is 0 Å². The predicted octanol–water partition coefficient (Wildman–Crippen LogP) is 1.31. The third-order valence-corrected chi connectivity index (χ3v) is 1.43. The second-order valence-electron chi connectivity index (χ2n) is 2.13. The molecule has 0 radical (unpaired) electrons. The number of hydrogen-bond donors (Lipinski definition) is 1. The van der Waals surface area contributed by atoms with Crippen molar-refractivity contribution < 1.29 is 6.48 Å². The van der Waals surface area contributed by atoms with Gasteiger partial charge in [-0.05, 0) is 12.8 Å². The van der Waals surface area contributed by atoms with Crippen LogP contribution in [0.3, 0.4) is 0 Å². The highest BCUT2D eigenvalue weighted by Gasteiger charge is 2.07. The summed E-state index contributed by atoms with van der Waals surface area (Å²) in [5.41, 5.74) is 0. The van der Waals surface area contributed by atoms with Crippen molar-refractivity contribution in [3.8, 4) is 0 Å². The molecule has 1 N–H and O–H groups in total. The van der Waals surface area contributed by atoms with E-state index in [1.54, 1.807) is 0 Å². The highest BCUT2D eigenvalue weighted by Crippen LogP contribution is 2.16. The normalized spacial score (nSPS) is 31.9. The molecule has 1 aliphatic rings. The average Bonchev–Trinajstić information content (AvgIpc) is 1.65. The summed E-state index contributed by atoms with van der Waals surface area (Å²) < 4.78 is 7.18. The summed E-state index contributed by atoms with van der Waals surface area (Å²) in [6, 6.07) is 0. The van der Waals surface area contributed by atoms with Gasteiger partial charge in [0.05, 0.1) is 7.45 Å². The zero-order valence-corrected chi connectivity index (χ0v) is 4.48. The second-order valence-corrected chi connectivity index (χ2v) is 2.13. The summed E-state index contributed by atoms with van der Waals surface area (Å²) in [6.45, 7) is 0. The van der Waals surface area contributed by atoms with E-state index in [9.17, 15) is 0 Å². The lowest BCUT2D eigenvalue weighted by molar-refractivity contribution is 0.130. The van der Waals surface area contributed by atoms with Gasteiger partial charge in [-0.25, -0.2) is 0 Å². The molecule has 1 heteroatoms. The fourth-order valence-electron chi connectivity index (χ4n) is 0.960. The molecule has 1 fully saturated rings. The average molecular weight is 102 g/mol. The minimum absolute atomic E-state index is 0.674. The van der Waals surface area contributed by atoms with Crippen molar-refractivity contribution in [1.29, 1.82) is 0 Å². The molecule has 0 atom stereocenters. The second kappa shape index (κ2) is 2.31. The smallest absolute Gasteiger partial charge is 0.0600 e. The molecule has 1 aliphatic carbocycles. The van der Waals surface area contributed by atoms with E-state index in [0.717, 1.165) is 12.8 Å². The molecule has 7 heavy (non-hydrogen) atoms. The zero-order valence-electron chi connectivity index (χ0n) is 5.48. The Balaban J connectivity index is 2.33. The number of hydrogen-bond acceptors (Lipinski definition) is 1. The molecule has 42 valence electrons. The molecular formula is C6H12O. The van der Waals surface area contributed by atoms with Crippen LogP contribution in [-0.4, -0.2) is 11.2 Å². The Bertz CT molecular complexity index is 72.6. The molecule has 0 amide bonds. The van der Waals surface area contributed by atoms with Gasteiger partial charge in [-0.2, -0.15) is 0 Å². The SMILES string of the molecule is [3H]C1(O)CCCCC1. The topological polar surface area (TPSA) is 20.2 Å². The first-order chi connectivity index (χ1) is 3.71. The van der Waals surface area contributed by atoms with E-state index in [4.69, 9.17) is 6.48 Å². The molecule has 1 rings (SSSR count). The van der Waals surface area contributed by atoms with Crippen molar-refractivity contribution in [2.24, 2.45) is 0 Å². The van der Waals surface area contributed by atoms with Gasteiger partial charge in [-0.1, -0.05) is 19.3 Å². The quantitative estimate of drug-likeness (QED) is 0.489. The summed E-state index contributed by atoms with van der Waals surface area (Å²) in [5.74, 6) is 0. The summed E-state index contributed by atoms with van der Waals surface area (Å²) in [5, 5.41) is 9.04. The first-order valence-corrected chi connectivity index (χ1v) is 2.93. The van der Waals surface area contributed by atoms with Crippen LogP contribution in [0.4, 0.5) is 0 Å². The van der Waals surface area contributed by atoms with E-state index >= 15 is 0 Å². The maximum Gasteiger partial charge on any atom is 0.0600 e. The third-order valence-electron chi connectivity index (χ3n) is 1.43. The monoisotopic (exact) mass is 102 g/mol. The van der Waals surface area contributed by atoms with Gasteiger partial charge in [0.15, 0.2) is 0 Å². The summed E-state index contributed by atoms with van der Waals surface area (Å²) in [7, 11) is 0. The first-order valence-electron chi connectivity index (χ1n) is 3.43. The Morgan fingerprint density at radius 1 is 1.29 bits per heavy atom. The molecule has 0 unspecified atom stereocenters. The zero-order chi connectivity index (χ0) is 6.04. The van der Waals surface area contributed by atoms with Crippen LogP contribution in [0.15, 0.2) is 0 Å². The molecule has 0 aromatic heterocycles. The van der Waals surface area contributed by atoms with Crippen LogP contribution in [0, 0.1) is 0 Å². The van der Waals surface area contributed by atoms with Gasteiger partial charge in [0.25, 0.3) is 0 Å². The maximum absolute atomic E-state index is 9.04. The lowest BCUT2D eigenvalue weighted by atomic mass is 9.98. The van der Waals surface area contributed by atoms with E-state index in [0.29, 0.717) is 12.8 Å². The molecule has 0 aromatic carbocycles. The Morgan fingerprint density at radius 3 is 2.14 bits per heavy atom. The minimum atomic E-state index is -1.07. The van der Waals surface area contributed by atoms with Gasteiger partial charge < -0.3 is 5.11 Å². The van der Waals surface area contributed by atoms with Crippen LogP contribution < -0.4 is 0 Å². The van der Waals surface area contributed by atoms with Crippen molar-refractivity contribution >= 4 is 0 Å².